The number of methoxy groups -OCH3 is 1. The van der Waals surface area contributed by atoms with Gasteiger partial charge in [0, 0.05) is 36.1 Å². The molecule has 5 heteroatoms. The minimum absolute atomic E-state index is 0.333. The van der Waals surface area contributed by atoms with Gasteiger partial charge < -0.3 is 9.84 Å². The summed E-state index contributed by atoms with van der Waals surface area (Å²) in [6.07, 6.45) is 3.98. The predicted octanol–water partition coefficient (Wildman–Crippen LogP) is 3.25. The Labute approximate surface area is 140 Å². The lowest BCUT2D eigenvalue weighted by Gasteiger charge is -2.35. The number of ether oxygens (including phenoxy) is 1. The molecule has 1 atom stereocenters. The van der Waals surface area contributed by atoms with Crippen molar-refractivity contribution in [2.45, 2.75) is 44.4 Å². The Morgan fingerprint density at radius 1 is 1.43 bits per heavy atom. The van der Waals surface area contributed by atoms with Gasteiger partial charge in [-0.1, -0.05) is 6.07 Å². The number of rotatable bonds is 4. The topological polar surface area (TPSA) is 45.6 Å². The summed E-state index contributed by atoms with van der Waals surface area (Å²) in [6, 6.07) is 6.52. The number of hydrogen-bond donors (Lipinski definition) is 1. The molecule has 1 aromatic carbocycles. The summed E-state index contributed by atoms with van der Waals surface area (Å²) in [7, 11) is 1.74. The van der Waals surface area contributed by atoms with Crippen LogP contribution in [0.1, 0.15) is 46.9 Å². The average Bonchev–Trinajstić information content (AvgIpc) is 3.14. The Kier molecular flexibility index (Phi) is 3.67. The van der Waals surface area contributed by atoms with E-state index in [1.807, 2.05) is 6.20 Å². The molecule has 122 valence electrons. The third-order valence-corrected chi connectivity index (χ3v) is 6.12. The first kappa shape index (κ1) is 15.1. The molecule has 0 radical (unpaired) electrons. The number of aromatic nitrogens is 1. The zero-order chi connectivity index (χ0) is 16.0. The Bertz CT molecular complexity index is 722. The van der Waals surface area contributed by atoms with E-state index >= 15 is 0 Å². The zero-order valence-corrected chi connectivity index (χ0v) is 14.4. The van der Waals surface area contributed by atoms with Gasteiger partial charge >= 0.3 is 0 Å². The van der Waals surface area contributed by atoms with E-state index < -0.39 is 6.10 Å². The van der Waals surface area contributed by atoms with Crippen molar-refractivity contribution in [2.75, 3.05) is 13.7 Å². The van der Waals surface area contributed by atoms with Gasteiger partial charge in [-0.05, 0) is 43.0 Å². The van der Waals surface area contributed by atoms with Gasteiger partial charge in [0.05, 0.1) is 7.11 Å². The Balaban J connectivity index is 1.56. The standard InChI is InChI=1S/C18H22N2O2S/c1-12(21)17-19-8-15(23-17)10-20-9-13-3-4-14(22-2)7-16(13)18(11-20)5-6-18/h3-4,7-8,12,21H,5-6,9-11H2,1-2H3. The highest BCUT2D eigenvalue weighted by Crippen LogP contribution is 2.53. The molecular weight excluding hydrogens is 308 g/mol. The van der Waals surface area contributed by atoms with Crippen molar-refractivity contribution in [1.82, 2.24) is 9.88 Å². The maximum Gasteiger partial charge on any atom is 0.121 e. The first-order valence-corrected chi connectivity index (χ1v) is 8.94. The van der Waals surface area contributed by atoms with E-state index in [-0.39, 0.29) is 0 Å². The van der Waals surface area contributed by atoms with Crippen LogP contribution in [-0.4, -0.2) is 28.6 Å². The second kappa shape index (κ2) is 5.58. The smallest absolute Gasteiger partial charge is 0.121 e. The van der Waals surface area contributed by atoms with Crippen molar-refractivity contribution in [3.63, 3.8) is 0 Å². The molecule has 1 aromatic heterocycles. The molecule has 0 saturated heterocycles. The van der Waals surface area contributed by atoms with Crippen LogP contribution in [0.3, 0.4) is 0 Å². The minimum atomic E-state index is -0.474. The number of aliphatic hydroxyl groups excluding tert-OH is 1. The van der Waals surface area contributed by atoms with Crippen LogP contribution in [0.25, 0.3) is 0 Å². The van der Waals surface area contributed by atoms with Gasteiger partial charge in [0.15, 0.2) is 0 Å². The lowest BCUT2D eigenvalue weighted by Crippen LogP contribution is -2.37. The molecule has 2 aromatic rings. The predicted molar refractivity (Wildman–Crippen MR) is 90.8 cm³/mol. The molecular formula is C18H22N2O2S. The summed E-state index contributed by atoms with van der Waals surface area (Å²) in [6.45, 7) is 4.77. The number of aliphatic hydroxyl groups is 1. The van der Waals surface area contributed by atoms with Gasteiger partial charge in [-0.3, -0.25) is 4.90 Å². The maximum absolute atomic E-state index is 9.64. The van der Waals surface area contributed by atoms with Crippen molar-refractivity contribution in [3.8, 4) is 5.75 Å². The van der Waals surface area contributed by atoms with Gasteiger partial charge in [-0.25, -0.2) is 4.98 Å². The minimum Gasteiger partial charge on any atom is -0.497 e. The average molecular weight is 330 g/mol. The van der Waals surface area contributed by atoms with Crippen LogP contribution < -0.4 is 4.74 Å². The van der Waals surface area contributed by atoms with Gasteiger partial charge in [0.2, 0.25) is 0 Å². The molecule has 23 heavy (non-hydrogen) atoms. The monoisotopic (exact) mass is 330 g/mol. The number of benzene rings is 1. The lowest BCUT2D eigenvalue weighted by molar-refractivity contribution is 0.199. The van der Waals surface area contributed by atoms with Crippen LogP contribution in [0.4, 0.5) is 0 Å². The summed E-state index contributed by atoms with van der Waals surface area (Å²) >= 11 is 1.62. The molecule has 4 nitrogen and oxygen atoms in total. The molecule has 1 aliphatic heterocycles. The fourth-order valence-corrected chi connectivity index (χ4v) is 4.52. The third-order valence-electron chi connectivity index (χ3n) is 4.97. The van der Waals surface area contributed by atoms with Crippen molar-refractivity contribution in [3.05, 3.63) is 45.4 Å². The van der Waals surface area contributed by atoms with Crippen LogP contribution in [-0.2, 0) is 18.5 Å². The summed E-state index contributed by atoms with van der Waals surface area (Å²) in [5.41, 5.74) is 3.25. The molecule has 1 N–H and O–H groups in total. The van der Waals surface area contributed by atoms with Gasteiger partial charge in [0.1, 0.15) is 16.9 Å². The molecule has 1 aliphatic carbocycles. The van der Waals surface area contributed by atoms with Crippen molar-refractivity contribution >= 4 is 11.3 Å². The zero-order valence-electron chi connectivity index (χ0n) is 13.6. The molecule has 2 aliphatic rings. The van der Waals surface area contributed by atoms with Gasteiger partial charge in [-0.2, -0.15) is 0 Å². The van der Waals surface area contributed by atoms with E-state index in [2.05, 4.69) is 28.1 Å². The Morgan fingerprint density at radius 2 is 2.26 bits per heavy atom. The largest absolute Gasteiger partial charge is 0.497 e. The van der Waals surface area contributed by atoms with Crippen LogP contribution in [0.15, 0.2) is 24.4 Å². The third kappa shape index (κ3) is 2.77. The SMILES string of the molecule is COc1ccc2c(c1)C1(CC1)CN(Cc1cnc(C(C)O)s1)C2. The molecule has 1 saturated carbocycles. The number of fused-ring (bicyclic) bond motifs is 2. The fourth-order valence-electron chi connectivity index (χ4n) is 3.62. The highest BCUT2D eigenvalue weighted by atomic mass is 32.1. The van der Waals surface area contributed by atoms with Gasteiger partial charge in [-0.15, -0.1) is 11.3 Å². The van der Waals surface area contributed by atoms with E-state index in [1.165, 1.54) is 28.8 Å². The molecule has 0 bridgehead atoms. The summed E-state index contributed by atoms with van der Waals surface area (Å²) in [5.74, 6) is 0.965. The van der Waals surface area contributed by atoms with E-state index in [4.69, 9.17) is 4.74 Å². The fraction of sp³-hybridized carbons (Fsp3) is 0.500. The molecule has 0 amide bonds. The summed E-state index contributed by atoms with van der Waals surface area (Å²) in [5, 5.41) is 10.4. The van der Waals surface area contributed by atoms with E-state index in [0.29, 0.717) is 5.41 Å². The van der Waals surface area contributed by atoms with E-state index in [9.17, 15) is 5.11 Å². The molecule has 1 spiro atoms. The first-order valence-electron chi connectivity index (χ1n) is 8.12. The Hall–Kier alpha value is -1.43. The van der Waals surface area contributed by atoms with E-state index in [1.54, 1.807) is 25.4 Å². The Morgan fingerprint density at radius 3 is 2.91 bits per heavy atom. The van der Waals surface area contributed by atoms with E-state index in [0.717, 1.165) is 30.4 Å². The molecule has 1 fully saturated rings. The number of thiazole rings is 1. The van der Waals surface area contributed by atoms with Crippen LogP contribution >= 0.6 is 11.3 Å². The number of nitrogens with zero attached hydrogens (tertiary/aromatic N) is 2. The summed E-state index contributed by atoms with van der Waals surface area (Å²) < 4.78 is 5.41. The molecule has 4 rings (SSSR count). The molecule has 2 heterocycles. The van der Waals surface area contributed by atoms with Crippen LogP contribution in [0, 0.1) is 0 Å². The van der Waals surface area contributed by atoms with Gasteiger partial charge in [0.25, 0.3) is 0 Å². The first-order chi connectivity index (χ1) is 11.1. The quantitative estimate of drug-likeness (QED) is 0.935. The molecule has 1 unspecified atom stereocenters. The van der Waals surface area contributed by atoms with Crippen molar-refractivity contribution < 1.29 is 9.84 Å². The highest BCUT2D eigenvalue weighted by Gasteiger charge is 2.49. The lowest BCUT2D eigenvalue weighted by atomic mass is 9.87. The van der Waals surface area contributed by atoms with Crippen molar-refractivity contribution in [2.24, 2.45) is 0 Å². The maximum atomic E-state index is 9.64. The second-order valence-corrected chi connectivity index (χ2v) is 7.94. The highest BCUT2D eigenvalue weighted by molar-refractivity contribution is 7.11. The second-order valence-electron chi connectivity index (χ2n) is 6.79. The van der Waals surface area contributed by atoms with Crippen LogP contribution in [0.2, 0.25) is 0 Å². The normalized spacial score (nSPS) is 20.3. The summed E-state index contributed by atoms with van der Waals surface area (Å²) in [4.78, 5) is 8.07. The van der Waals surface area contributed by atoms with Crippen LogP contribution in [0.5, 0.6) is 5.75 Å². The van der Waals surface area contributed by atoms with Crippen molar-refractivity contribution in [1.29, 1.82) is 0 Å². The number of hydrogen-bond acceptors (Lipinski definition) is 5.